The predicted octanol–water partition coefficient (Wildman–Crippen LogP) is 3.38. The van der Waals surface area contributed by atoms with Gasteiger partial charge >= 0.3 is 6.09 Å². The Kier molecular flexibility index (Phi) is 5.29. The van der Waals surface area contributed by atoms with Crippen LogP contribution in [0.15, 0.2) is 24.3 Å². The number of hydrogen-bond acceptors (Lipinski definition) is 4. The molecule has 126 valence electrons. The topological polar surface area (TPSA) is 55.8 Å². The Labute approximate surface area is 137 Å². The van der Waals surface area contributed by atoms with Gasteiger partial charge in [0.2, 0.25) is 0 Å². The van der Waals surface area contributed by atoms with Crippen molar-refractivity contribution in [2.45, 2.75) is 45.6 Å². The minimum atomic E-state index is -0.550. The van der Waals surface area contributed by atoms with E-state index in [1.165, 1.54) is 4.90 Å². The van der Waals surface area contributed by atoms with Crippen LogP contribution in [0.4, 0.5) is 4.79 Å². The van der Waals surface area contributed by atoms with E-state index in [1.807, 2.05) is 52.0 Å². The molecule has 1 aliphatic rings. The van der Waals surface area contributed by atoms with Crippen molar-refractivity contribution in [3.05, 3.63) is 29.8 Å². The van der Waals surface area contributed by atoms with Gasteiger partial charge in [-0.1, -0.05) is 12.1 Å². The zero-order chi connectivity index (χ0) is 17.0. The highest BCUT2D eigenvalue weighted by molar-refractivity contribution is 5.90. The van der Waals surface area contributed by atoms with Gasteiger partial charge in [0.15, 0.2) is 5.78 Å². The van der Waals surface area contributed by atoms with Crippen molar-refractivity contribution in [2.75, 3.05) is 19.7 Å². The molecule has 0 saturated carbocycles. The van der Waals surface area contributed by atoms with Crippen molar-refractivity contribution >= 4 is 11.9 Å². The normalized spacial score (nSPS) is 18.7. The van der Waals surface area contributed by atoms with Crippen LogP contribution in [-0.4, -0.2) is 42.1 Å². The summed E-state index contributed by atoms with van der Waals surface area (Å²) in [6.07, 6.45) is 0.197. The number of carbonyl (C=O) groups excluding carboxylic acids is 2. The van der Waals surface area contributed by atoms with E-state index < -0.39 is 11.7 Å². The molecule has 0 radical (unpaired) electrons. The first-order valence-electron chi connectivity index (χ1n) is 8.03. The zero-order valence-electron chi connectivity index (χ0n) is 14.3. The van der Waals surface area contributed by atoms with E-state index in [0.29, 0.717) is 19.6 Å². The quantitative estimate of drug-likeness (QED) is 0.857. The van der Waals surface area contributed by atoms with Gasteiger partial charge < -0.3 is 14.4 Å². The van der Waals surface area contributed by atoms with Gasteiger partial charge in [0, 0.05) is 12.5 Å². The third-order valence-corrected chi connectivity index (χ3v) is 3.67. The number of ketones is 1. The lowest BCUT2D eigenvalue weighted by Gasteiger charge is -2.32. The molecule has 5 heteroatoms. The number of rotatable bonds is 3. The minimum absolute atomic E-state index is 0.0475. The Balaban J connectivity index is 1.98. The fraction of sp³-hybridized carbons (Fsp3) is 0.556. The van der Waals surface area contributed by atoms with Crippen LogP contribution in [-0.2, 0) is 9.53 Å². The van der Waals surface area contributed by atoms with Gasteiger partial charge in [-0.25, -0.2) is 4.79 Å². The van der Waals surface area contributed by atoms with Crippen LogP contribution in [0.1, 0.15) is 45.6 Å². The molecule has 23 heavy (non-hydrogen) atoms. The van der Waals surface area contributed by atoms with Crippen molar-refractivity contribution in [1.82, 2.24) is 4.90 Å². The molecule has 0 spiro atoms. The van der Waals surface area contributed by atoms with Crippen LogP contribution >= 0.6 is 0 Å². The molecule has 0 unspecified atom stereocenters. The minimum Gasteiger partial charge on any atom is -0.494 e. The van der Waals surface area contributed by atoms with Crippen molar-refractivity contribution in [3.8, 4) is 5.75 Å². The van der Waals surface area contributed by atoms with Crippen LogP contribution in [0.5, 0.6) is 5.75 Å². The Morgan fingerprint density at radius 1 is 1.26 bits per heavy atom. The fourth-order valence-electron chi connectivity index (χ4n) is 2.62. The maximum absolute atomic E-state index is 12.4. The molecule has 1 aliphatic heterocycles. The van der Waals surface area contributed by atoms with Gasteiger partial charge in [-0.3, -0.25) is 4.79 Å². The lowest BCUT2D eigenvalue weighted by atomic mass is 9.88. The van der Waals surface area contributed by atoms with Crippen LogP contribution in [0.3, 0.4) is 0 Å². The molecule has 1 saturated heterocycles. The molecule has 0 N–H and O–H groups in total. The summed E-state index contributed by atoms with van der Waals surface area (Å²) in [6.45, 7) is 8.64. The van der Waals surface area contributed by atoms with E-state index >= 15 is 0 Å². The molecule has 5 nitrogen and oxygen atoms in total. The monoisotopic (exact) mass is 319 g/mol. The van der Waals surface area contributed by atoms with E-state index in [9.17, 15) is 9.59 Å². The summed E-state index contributed by atoms with van der Waals surface area (Å²) in [6, 6.07) is 7.62. The summed E-state index contributed by atoms with van der Waals surface area (Å²) >= 11 is 0. The number of ether oxygens (including phenoxy) is 2. The Morgan fingerprint density at radius 2 is 1.91 bits per heavy atom. The van der Waals surface area contributed by atoms with Crippen LogP contribution in [0, 0.1) is 0 Å². The van der Waals surface area contributed by atoms with E-state index in [2.05, 4.69) is 0 Å². The molecule has 1 heterocycles. The summed E-state index contributed by atoms with van der Waals surface area (Å²) in [7, 11) is 0. The smallest absolute Gasteiger partial charge is 0.410 e. The van der Waals surface area contributed by atoms with E-state index in [1.54, 1.807) is 0 Å². The maximum atomic E-state index is 12.4. The highest BCUT2D eigenvalue weighted by Crippen LogP contribution is 2.27. The molecule has 0 aliphatic carbocycles. The number of amides is 1. The predicted molar refractivity (Wildman–Crippen MR) is 87.8 cm³/mol. The number of piperidine rings is 1. The van der Waals surface area contributed by atoms with Crippen molar-refractivity contribution in [2.24, 2.45) is 0 Å². The van der Waals surface area contributed by atoms with Gasteiger partial charge in [0.05, 0.1) is 13.2 Å². The van der Waals surface area contributed by atoms with Crippen LogP contribution in [0.2, 0.25) is 0 Å². The van der Waals surface area contributed by atoms with E-state index in [0.717, 1.165) is 11.3 Å². The molecule has 0 bridgehead atoms. The number of benzene rings is 1. The number of hydrogen-bond donors (Lipinski definition) is 0. The fourth-order valence-corrected chi connectivity index (χ4v) is 2.62. The van der Waals surface area contributed by atoms with Gasteiger partial charge in [0.25, 0.3) is 0 Å². The lowest BCUT2D eigenvalue weighted by Crippen LogP contribution is -2.45. The second-order valence-electron chi connectivity index (χ2n) is 6.71. The van der Waals surface area contributed by atoms with E-state index in [-0.39, 0.29) is 18.2 Å². The highest BCUT2D eigenvalue weighted by atomic mass is 16.6. The maximum Gasteiger partial charge on any atom is 0.410 e. The van der Waals surface area contributed by atoms with Crippen LogP contribution < -0.4 is 4.74 Å². The SMILES string of the molecule is CCOc1ccc([C@@H]2CCN(C(=O)OC(C)(C)C)CC2=O)cc1. The molecule has 1 atom stereocenters. The number of likely N-dealkylation sites (tertiary alicyclic amines) is 1. The third-order valence-electron chi connectivity index (χ3n) is 3.67. The molecule has 2 rings (SSSR count). The summed E-state index contributed by atoms with van der Waals surface area (Å²) in [5.74, 6) is 0.686. The molecule has 1 fully saturated rings. The second kappa shape index (κ2) is 7.02. The zero-order valence-corrected chi connectivity index (χ0v) is 14.3. The molecule has 1 aromatic carbocycles. The van der Waals surface area contributed by atoms with Gasteiger partial charge in [-0.2, -0.15) is 0 Å². The second-order valence-corrected chi connectivity index (χ2v) is 6.71. The number of Topliss-reactive ketones (excluding diaryl/α,β-unsaturated/α-hetero) is 1. The standard InChI is InChI=1S/C18H25NO4/c1-5-22-14-8-6-13(7-9-14)15-10-11-19(12-16(15)20)17(21)23-18(2,3)4/h6-9,15H,5,10-12H2,1-4H3/t15-/m0/s1. The molecule has 0 aromatic heterocycles. The van der Waals surface area contributed by atoms with Crippen molar-refractivity contribution in [3.63, 3.8) is 0 Å². The molecule has 1 amide bonds. The summed E-state index contributed by atoms with van der Waals surface area (Å²) in [5.41, 5.74) is 0.425. The Hall–Kier alpha value is -2.04. The summed E-state index contributed by atoms with van der Waals surface area (Å²) in [4.78, 5) is 25.9. The van der Waals surface area contributed by atoms with Gasteiger partial charge in [-0.05, 0) is 51.8 Å². The first-order valence-corrected chi connectivity index (χ1v) is 8.03. The average Bonchev–Trinajstić information content (AvgIpc) is 2.47. The lowest BCUT2D eigenvalue weighted by molar-refractivity contribution is -0.123. The van der Waals surface area contributed by atoms with Crippen molar-refractivity contribution < 1.29 is 19.1 Å². The van der Waals surface area contributed by atoms with Gasteiger partial charge in [-0.15, -0.1) is 0 Å². The van der Waals surface area contributed by atoms with E-state index in [4.69, 9.17) is 9.47 Å². The van der Waals surface area contributed by atoms with Gasteiger partial charge in [0.1, 0.15) is 11.4 Å². The summed E-state index contributed by atoms with van der Waals surface area (Å²) in [5, 5.41) is 0. The molecular formula is C18H25NO4. The first kappa shape index (κ1) is 17.3. The average molecular weight is 319 g/mol. The molecule has 1 aromatic rings. The first-order chi connectivity index (χ1) is 10.8. The number of carbonyl (C=O) groups is 2. The Bertz CT molecular complexity index is 559. The number of nitrogens with zero attached hydrogens (tertiary/aromatic N) is 1. The van der Waals surface area contributed by atoms with Crippen LogP contribution in [0.25, 0.3) is 0 Å². The molecular weight excluding hydrogens is 294 g/mol. The van der Waals surface area contributed by atoms with Crippen molar-refractivity contribution in [1.29, 1.82) is 0 Å². The Morgan fingerprint density at radius 3 is 2.43 bits per heavy atom. The third kappa shape index (κ3) is 4.71. The summed E-state index contributed by atoms with van der Waals surface area (Å²) < 4.78 is 10.7. The highest BCUT2D eigenvalue weighted by Gasteiger charge is 2.32. The largest absolute Gasteiger partial charge is 0.494 e.